The lowest BCUT2D eigenvalue weighted by atomic mass is 10.1. The van der Waals surface area contributed by atoms with E-state index >= 15 is 0 Å². The van der Waals surface area contributed by atoms with E-state index in [0.717, 1.165) is 18.7 Å². The fraction of sp³-hybridized carbons (Fsp3) is 0.714. The summed E-state index contributed by atoms with van der Waals surface area (Å²) in [6.45, 7) is 4.87. The van der Waals surface area contributed by atoms with E-state index in [1.807, 2.05) is 18.7 Å². The zero-order chi connectivity index (χ0) is 13.8. The number of aryl methyl sites for hydroxylation is 2. The zero-order valence-corrected chi connectivity index (χ0v) is 12.2. The molecule has 5 heteroatoms. The first kappa shape index (κ1) is 13.9. The van der Waals surface area contributed by atoms with Crippen molar-refractivity contribution in [3.63, 3.8) is 0 Å². The Hall–Kier alpha value is -1.52. The second kappa shape index (κ2) is 6.08. The molecule has 106 valence electrons. The summed E-state index contributed by atoms with van der Waals surface area (Å²) in [5.74, 6) is 0.589. The van der Waals surface area contributed by atoms with Gasteiger partial charge in [0.05, 0.1) is 5.69 Å². The third-order valence-corrected chi connectivity index (χ3v) is 4.01. The minimum absolute atomic E-state index is 0.533. The van der Waals surface area contributed by atoms with E-state index in [9.17, 15) is 0 Å². The van der Waals surface area contributed by atoms with Crippen LogP contribution in [-0.4, -0.2) is 28.3 Å². The highest BCUT2D eigenvalue weighted by Gasteiger charge is 2.14. The molecule has 1 aliphatic carbocycles. The molecule has 1 heterocycles. The lowest BCUT2D eigenvalue weighted by molar-refractivity contribution is 0.625. The van der Waals surface area contributed by atoms with Crippen molar-refractivity contribution in [1.82, 2.24) is 15.1 Å². The SMILES string of the molecule is Cc1nn(C)c(C)c1CCN=C(N)NC1CCCC1. The monoisotopic (exact) mass is 263 g/mol. The van der Waals surface area contributed by atoms with Gasteiger partial charge >= 0.3 is 0 Å². The largest absolute Gasteiger partial charge is 0.370 e. The quantitative estimate of drug-likeness (QED) is 0.638. The van der Waals surface area contributed by atoms with Crippen LogP contribution in [0.4, 0.5) is 0 Å². The number of aromatic nitrogens is 2. The summed E-state index contributed by atoms with van der Waals surface area (Å²) in [4.78, 5) is 4.42. The van der Waals surface area contributed by atoms with E-state index in [0.29, 0.717) is 12.0 Å². The van der Waals surface area contributed by atoms with Gasteiger partial charge in [0.25, 0.3) is 0 Å². The van der Waals surface area contributed by atoms with Crippen LogP contribution in [0.5, 0.6) is 0 Å². The summed E-state index contributed by atoms with van der Waals surface area (Å²) in [6, 6.07) is 0.533. The molecule has 1 saturated carbocycles. The number of hydrogen-bond donors (Lipinski definition) is 2. The summed E-state index contributed by atoms with van der Waals surface area (Å²) in [5.41, 5.74) is 9.52. The Labute approximate surface area is 115 Å². The minimum atomic E-state index is 0.533. The fourth-order valence-corrected chi connectivity index (χ4v) is 2.79. The van der Waals surface area contributed by atoms with Gasteiger partial charge < -0.3 is 11.1 Å². The van der Waals surface area contributed by atoms with E-state index in [2.05, 4.69) is 22.3 Å². The Morgan fingerprint density at radius 1 is 1.42 bits per heavy atom. The van der Waals surface area contributed by atoms with Crippen molar-refractivity contribution in [2.75, 3.05) is 6.54 Å². The molecular formula is C14H25N5. The molecule has 0 amide bonds. The first-order valence-electron chi connectivity index (χ1n) is 7.13. The molecule has 0 aliphatic heterocycles. The van der Waals surface area contributed by atoms with Crippen LogP contribution in [0.3, 0.4) is 0 Å². The number of guanidine groups is 1. The second-order valence-corrected chi connectivity index (χ2v) is 5.42. The Bertz CT molecular complexity index is 455. The molecule has 1 aliphatic rings. The van der Waals surface area contributed by atoms with Crippen molar-refractivity contribution in [2.45, 2.75) is 52.0 Å². The summed E-state index contributed by atoms with van der Waals surface area (Å²) in [6.07, 6.45) is 5.95. The summed E-state index contributed by atoms with van der Waals surface area (Å²) < 4.78 is 1.93. The van der Waals surface area contributed by atoms with Gasteiger partial charge in [-0.2, -0.15) is 5.10 Å². The van der Waals surface area contributed by atoms with Crippen LogP contribution >= 0.6 is 0 Å². The predicted molar refractivity (Wildman–Crippen MR) is 78.3 cm³/mol. The standard InChI is InChI=1S/C14H25N5/c1-10-13(11(2)19(3)18-10)8-9-16-14(15)17-12-6-4-5-7-12/h12H,4-9H2,1-3H3,(H3,15,16,17). The molecular weight excluding hydrogens is 238 g/mol. The summed E-state index contributed by atoms with van der Waals surface area (Å²) in [5, 5.41) is 7.72. The third kappa shape index (κ3) is 3.49. The number of nitrogens with zero attached hydrogens (tertiary/aromatic N) is 3. The highest BCUT2D eigenvalue weighted by molar-refractivity contribution is 5.78. The van der Waals surface area contributed by atoms with E-state index in [1.54, 1.807) is 0 Å². The van der Waals surface area contributed by atoms with Gasteiger partial charge in [-0.25, -0.2) is 0 Å². The number of nitrogens with two attached hydrogens (primary N) is 1. The number of nitrogens with one attached hydrogen (secondary N) is 1. The molecule has 2 rings (SSSR count). The Morgan fingerprint density at radius 3 is 2.68 bits per heavy atom. The minimum Gasteiger partial charge on any atom is -0.370 e. The van der Waals surface area contributed by atoms with E-state index < -0.39 is 0 Å². The Morgan fingerprint density at radius 2 is 2.11 bits per heavy atom. The molecule has 1 aromatic rings. The van der Waals surface area contributed by atoms with Crippen LogP contribution in [-0.2, 0) is 13.5 Å². The molecule has 19 heavy (non-hydrogen) atoms. The first-order chi connectivity index (χ1) is 9.08. The topological polar surface area (TPSA) is 68.2 Å². The van der Waals surface area contributed by atoms with Gasteiger partial charge in [-0.1, -0.05) is 12.8 Å². The number of aliphatic imine (C=N–C) groups is 1. The third-order valence-electron chi connectivity index (χ3n) is 4.01. The van der Waals surface area contributed by atoms with E-state index in [-0.39, 0.29) is 0 Å². The molecule has 1 fully saturated rings. The molecule has 0 atom stereocenters. The van der Waals surface area contributed by atoms with Gasteiger partial charge in [0.15, 0.2) is 5.96 Å². The van der Waals surface area contributed by atoms with Crippen molar-refractivity contribution in [1.29, 1.82) is 0 Å². The highest BCUT2D eigenvalue weighted by Crippen LogP contribution is 2.17. The second-order valence-electron chi connectivity index (χ2n) is 5.42. The normalized spacial score (nSPS) is 17.1. The maximum absolute atomic E-state index is 5.92. The van der Waals surface area contributed by atoms with E-state index in [4.69, 9.17) is 5.73 Å². The van der Waals surface area contributed by atoms with Crippen LogP contribution in [0, 0.1) is 13.8 Å². The lowest BCUT2D eigenvalue weighted by Gasteiger charge is -2.12. The zero-order valence-electron chi connectivity index (χ0n) is 12.2. The van der Waals surface area contributed by atoms with Crippen molar-refractivity contribution >= 4 is 5.96 Å². The van der Waals surface area contributed by atoms with Crippen molar-refractivity contribution in [3.8, 4) is 0 Å². The molecule has 0 spiro atoms. The lowest BCUT2D eigenvalue weighted by Crippen LogP contribution is -2.38. The van der Waals surface area contributed by atoms with Gasteiger partial charge in [0.1, 0.15) is 0 Å². The van der Waals surface area contributed by atoms with Crippen LogP contribution in [0.15, 0.2) is 4.99 Å². The molecule has 5 nitrogen and oxygen atoms in total. The average molecular weight is 263 g/mol. The molecule has 3 N–H and O–H groups in total. The van der Waals surface area contributed by atoms with Crippen molar-refractivity contribution in [2.24, 2.45) is 17.8 Å². The molecule has 0 radical (unpaired) electrons. The van der Waals surface area contributed by atoms with Crippen LogP contribution in [0.2, 0.25) is 0 Å². The summed E-state index contributed by atoms with van der Waals surface area (Å²) in [7, 11) is 1.98. The average Bonchev–Trinajstić information content (AvgIpc) is 2.93. The van der Waals surface area contributed by atoms with Crippen LogP contribution in [0.1, 0.15) is 42.6 Å². The summed E-state index contributed by atoms with van der Waals surface area (Å²) >= 11 is 0. The molecule has 0 aromatic carbocycles. The van der Waals surface area contributed by atoms with Crippen LogP contribution < -0.4 is 11.1 Å². The smallest absolute Gasteiger partial charge is 0.188 e. The Balaban J connectivity index is 1.84. The molecule has 1 aromatic heterocycles. The maximum Gasteiger partial charge on any atom is 0.188 e. The van der Waals surface area contributed by atoms with E-state index in [1.165, 1.54) is 36.9 Å². The maximum atomic E-state index is 5.92. The predicted octanol–water partition coefficient (Wildman–Crippen LogP) is 1.43. The van der Waals surface area contributed by atoms with Gasteiger partial charge in [-0.3, -0.25) is 9.67 Å². The molecule has 0 saturated heterocycles. The molecule has 0 unspecified atom stereocenters. The van der Waals surface area contributed by atoms with Gasteiger partial charge in [-0.15, -0.1) is 0 Å². The van der Waals surface area contributed by atoms with Crippen molar-refractivity contribution < 1.29 is 0 Å². The van der Waals surface area contributed by atoms with Gasteiger partial charge in [-0.05, 0) is 38.7 Å². The molecule has 0 bridgehead atoms. The van der Waals surface area contributed by atoms with Gasteiger partial charge in [0.2, 0.25) is 0 Å². The first-order valence-corrected chi connectivity index (χ1v) is 7.13. The highest BCUT2D eigenvalue weighted by atomic mass is 15.3. The Kier molecular flexibility index (Phi) is 4.45. The van der Waals surface area contributed by atoms with Crippen LogP contribution in [0.25, 0.3) is 0 Å². The number of rotatable bonds is 4. The van der Waals surface area contributed by atoms with Crippen molar-refractivity contribution in [3.05, 3.63) is 17.0 Å². The fourth-order valence-electron chi connectivity index (χ4n) is 2.79. The number of hydrogen-bond acceptors (Lipinski definition) is 2. The van der Waals surface area contributed by atoms with Gasteiger partial charge in [0, 0.05) is 25.3 Å².